The maximum Gasteiger partial charge on any atom is 0.223 e. The van der Waals surface area contributed by atoms with Crippen LogP contribution in [0.4, 0.5) is 11.6 Å². The number of hydrogen-bond acceptors (Lipinski definition) is 7. The lowest BCUT2D eigenvalue weighted by atomic mass is 10.3. The fourth-order valence-electron chi connectivity index (χ4n) is 1.88. The average molecular weight is 276 g/mol. The van der Waals surface area contributed by atoms with Crippen molar-refractivity contribution in [3.63, 3.8) is 0 Å². The molecule has 0 saturated heterocycles. The molecular weight excluding hydrogens is 256 g/mol. The van der Waals surface area contributed by atoms with Crippen molar-refractivity contribution in [1.82, 2.24) is 20.1 Å². The molecule has 0 unspecified atom stereocenters. The van der Waals surface area contributed by atoms with Crippen molar-refractivity contribution in [2.75, 3.05) is 23.7 Å². The summed E-state index contributed by atoms with van der Waals surface area (Å²) in [6.07, 6.45) is 0.691. The van der Waals surface area contributed by atoms with E-state index in [2.05, 4.69) is 30.7 Å². The second-order valence-electron chi connectivity index (χ2n) is 4.53. The molecule has 2 aromatic heterocycles. The fraction of sp³-hybridized carbons (Fsp3) is 0.538. The molecule has 0 aliphatic rings. The predicted molar refractivity (Wildman–Crippen MR) is 76.9 cm³/mol. The first-order valence-electron chi connectivity index (χ1n) is 6.72. The summed E-state index contributed by atoms with van der Waals surface area (Å²) in [7, 11) is 0. The summed E-state index contributed by atoms with van der Waals surface area (Å²) >= 11 is 0. The highest BCUT2D eigenvalue weighted by Gasteiger charge is 2.09. The molecule has 2 aromatic rings. The van der Waals surface area contributed by atoms with Crippen molar-refractivity contribution >= 4 is 11.6 Å². The zero-order chi connectivity index (χ0) is 14.5. The van der Waals surface area contributed by atoms with E-state index in [1.54, 1.807) is 6.92 Å². The van der Waals surface area contributed by atoms with E-state index in [0.717, 1.165) is 29.6 Å². The van der Waals surface area contributed by atoms with Crippen LogP contribution in [-0.4, -0.2) is 33.2 Å². The van der Waals surface area contributed by atoms with Gasteiger partial charge in [-0.3, -0.25) is 0 Å². The van der Waals surface area contributed by atoms with Crippen molar-refractivity contribution < 1.29 is 4.52 Å². The Bertz CT molecular complexity index is 580. The first-order chi connectivity index (χ1) is 9.60. The summed E-state index contributed by atoms with van der Waals surface area (Å²) < 4.78 is 4.94. The van der Waals surface area contributed by atoms with Crippen LogP contribution < -0.4 is 10.6 Å². The van der Waals surface area contributed by atoms with E-state index < -0.39 is 0 Å². The van der Waals surface area contributed by atoms with Gasteiger partial charge in [-0.1, -0.05) is 5.16 Å². The quantitative estimate of drug-likeness (QED) is 0.832. The molecule has 0 aliphatic heterocycles. The lowest BCUT2D eigenvalue weighted by Gasteiger charge is -2.13. The molecule has 0 amide bonds. The van der Waals surface area contributed by atoms with Crippen molar-refractivity contribution in [3.8, 4) is 0 Å². The Kier molecular flexibility index (Phi) is 4.49. The van der Waals surface area contributed by atoms with Gasteiger partial charge in [0.1, 0.15) is 17.5 Å². The number of anilines is 2. The van der Waals surface area contributed by atoms with Gasteiger partial charge in [0.2, 0.25) is 5.89 Å². The molecule has 0 aromatic carbocycles. The molecule has 0 spiro atoms. The number of rotatable bonds is 6. The highest BCUT2D eigenvalue weighted by molar-refractivity contribution is 5.57. The zero-order valence-corrected chi connectivity index (χ0v) is 12.3. The van der Waals surface area contributed by atoms with Gasteiger partial charge in [0, 0.05) is 32.0 Å². The molecule has 0 fully saturated rings. The standard InChI is InChI=1S/C13H20N6O/c1-5-14-12-8(2)13(17-9(3)16-12)15-7-6-11-18-10(4)20-19-11/h5-7H2,1-4H3,(H2,14,15,16,17). The Labute approximate surface area is 118 Å². The SMILES string of the molecule is CCNc1nc(C)nc(NCCc2noc(C)n2)c1C. The van der Waals surface area contributed by atoms with E-state index in [4.69, 9.17) is 4.52 Å². The van der Waals surface area contributed by atoms with Crippen molar-refractivity contribution in [2.45, 2.75) is 34.1 Å². The first-order valence-corrected chi connectivity index (χ1v) is 6.72. The largest absolute Gasteiger partial charge is 0.370 e. The fourth-order valence-corrected chi connectivity index (χ4v) is 1.88. The van der Waals surface area contributed by atoms with Crippen LogP contribution in [-0.2, 0) is 6.42 Å². The Morgan fingerprint density at radius 1 is 1.00 bits per heavy atom. The highest BCUT2D eigenvalue weighted by Crippen LogP contribution is 2.19. The van der Waals surface area contributed by atoms with Crippen LogP contribution in [0.25, 0.3) is 0 Å². The van der Waals surface area contributed by atoms with Gasteiger partial charge in [-0.05, 0) is 20.8 Å². The molecule has 2 rings (SSSR count). The first kappa shape index (κ1) is 14.2. The van der Waals surface area contributed by atoms with Gasteiger partial charge in [-0.25, -0.2) is 9.97 Å². The molecule has 7 heteroatoms. The minimum Gasteiger partial charge on any atom is -0.370 e. The average Bonchev–Trinajstić information content (AvgIpc) is 2.81. The summed E-state index contributed by atoms with van der Waals surface area (Å²) in [5.74, 6) is 3.74. The molecular formula is C13H20N6O. The lowest BCUT2D eigenvalue weighted by Crippen LogP contribution is -2.12. The van der Waals surface area contributed by atoms with Crippen LogP contribution in [0.15, 0.2) is 4.52 Å². The molecule has 108 valence electrons. The summed E-state index contributed by atoms with van der Waals surface area (Å²) in [5.41, 5.74) is 1.02. The maximum absolute atomic E-state index is 4.94. The van der Waals surface area contributed by atoms with Gasteiger partial charge in [0.25, 0.3) is 0 Å². The van der Waals surface area contributed by atoms with Crippen LogP contribution in [0, 0.1) is 20.8 Å². The summed E-state index contributed by atoms with van der Waals surface area (Å²) in [4.78, 5) is 13.0. The number of hydrogen-bond donors (Lipinski definition) is 2. The van der Waals surface area contributed by atoms with E-state index in [1.807, 2.05) is 20.8 Å². The topological polar surface area (TPSA) is 88.8 Å². The van der Waals surface area contributed by atoms with Gasteiger partial charge in [-0.2, -0.15) is 4.98 Å². The van der Waals surface area contributed by atoms with Crippen LogP contribution in [0.3, 0.4) is 0 Å². The van der Waals surface area contributed by atoms with Gasteiger partial charge in [0.15, 0.2) is 5.82 Å². The van der Waals surface area contributed by atoms with Gasteiger partial charge in [0.05, 0.1) is 0 Å². The van der Waals surface area contributed by atoms with Gasteiger partial charge < -0.3 is 15.2 Å². The number of nitrogens with zero attached hydrogens (tertiary/aromatic N) is 4. The smallest absolute Gasteiger partial charge is 0.223 e. The third kappa shape index (κ3) is 3.43. The second-order valence-corrected chi connectivity index (χ2v) is 4.53. The van der Waals surface area contributed by atoms with E-state index in [9.17, 15) is 0 Å². The van der Waals surface area contributed by atoms with E-state index >= 15 is 0 Å². The third-order valence-electron chi connectivity index (χ3n) is 2.81. The van der Waals surface area contributed by atoms with Crippen LogP contribution in [0.1, 0.15) is 30.0 Å². The van der Waals surface area contributed by atoms with Crippen molar-refractivity contribution in [3.05, 3.63) is 23.1 Å². The van der Waals surface area contributed by atoms with Crippen LogP contribution in [0.5, 0.6) is 0 Å². The third-order valence-corrected chi connectivity index (χ3v) is 2.81. The minimum atomic E-state index is 0.587. The molecule has 2 heterocycles. The molecule has 7 nitrogen and oxygen atoms in total. The molecule has 0 atom stereocenters. The van der Waals surface area contributed by atoms with Crippen LogP contribution in [0.2, 0.25) is 0 Å². The summed E-state index contributed by atoms with van der Waals surface area (Å²) in [6, 6.07) is 0. The Balaban J connectivity index is 2.01. The van der Waals surface area contributed by atoms with E-state index in [-0.39, 0.29) is 0 Å². The predicted octanol–water partition coefficient (Wildman–Crippen LogP) is 1.87. The normalized spacial score (nSPS) is 10.6. The van der Waals surface area contributed by atoms with Crippen molar-refractivity contribution in [2.24, 2.45) is 0 Å². The Morgan fingerprint density at radius 3 is 2.30 bits per heavy atom. The summed E-state index contributed by atoms with van der Waals surface area (Å²) in [5, 5.41) is 10.4. The molecule has 2 N–H and O–H groups in total. The molecule has 0 radical (unpaired) electrons. The Hall–Kier alpha value is -2.18. The zero-order valence-electron chi connectivity index (χ0n) is 12.3. The highest BCUT2D eigenvalue weighted by atomic mass is 16.5. The molecule has 0 bridgehead atoms. The number of aryl methyl sites for hydroxylation is 2. The van der Waals surface area contributed by atoms with Crippen LogP contribution >= 0.6 is 0 Å². The minimum absolute atomic E-state index is 0.587. The molecule has 20 heavy (non-hydrogen) atoms. The van der Waals surface area contributed by atoms with Gasteiger partial charge in [-0.15, -0.1) is 0 Å². The second kappa shape index (κ2) is 6.31. The van der Waals surface area contributed by atoms with Gasteiger partial charge >= 0.3 is 0 Å². The number of nitrogens with one attached hydrogen (secondary N) is 2. The van der Waals surface area contributed by atoms with Crippen molar-refractivity contribution in [1.29, 1.82) is 0 Å². The molecule has 0 aliphatic carbocycles. The Morgan fingerprint density at radius 2 is 1.70 bits per heavy atom. The lowest BCUT2D eigenvalue weighted by molar-refractivity contribution is 0.387. The molecule has 0 saturated carbocycles. The monoisotopic (exact) mass is 276 g/mol. The maximum atomic E-state index is 4.94. The number of aromatic nitrogens is 4. The summed E-state index contributed by atoms with van der Waals surface area (Å²) in [6.45, 7) is 9.24. The van der Waals surface area contributed by atoms with E-state index in [1.165, 1.54) is 0 Å². The van der Waals surface area contributed by atoms with E-state index in [0.29, 0.717) is 24.7 Å².